The van der Waals surface area contributed by atoms with Gasteiger partial charge in [0.05, 0.1) is 25.9 Å². The van der Waals surface area contributed by atoms with Crippen molar-refractivity contribution in [2.45, 2.75) is 31.6 Å². The van der Waals surface area contributed by atoms with Crippen molar-refractivity contribution in [3.63, 3.8) is 0 Å². The van der Waals surface area contributed by atoms with Crippen molar-refractivity contribution in [3.8, 4) is 11.5 Å². The third-order valence-electron chi connectivity index (χ3n) is 4.69. The molecule has 0 aromatic heterocycles. The van der Waals surface area contributed by atoms with Gasteiger partial charge in [0.25, 0.3) is 5.91 Å². The number of aliphatic hydroxyl groups excluding tert-OH is 1. The molecule has 1 N–H and O–H groups in total. The maximum atomic E-state index is 12.2. The highest BCUT2D eigenvalue weighted by Crippen LogP contribution is 2.32. The van der Waals surface area contributed by atoms with Crippen molar-refractivity contribution < 1.29 is 28.9 Å². The molecule has 2 fully saturated rings. The van der Waals surface area contributed by atoms with E-state index in [1.165, 1.54) is 0 Å². The van der Waals surface area contributed by atoms with E-state index in [9.17, 15) is 14.7 Å². The number of carbonyl (C=O) groups is 2. The van der Waals surface area contributed by atoms with Crippen molar-refractivity contribution >= 4 is 11.9 Å². The zero-order valence-corrected chi connectivity index (χ0v) is 13.7. The summed E-state index contributed by atoms with van der Waals surface area (Å²) in [7, 11) is 0. The van der Waals surface area contributed by atoms with E-state index in [1.54, 1.807) is 4.90 Å². The summed E-state index contributed by atoms with van der Waals surface area (Å²) < 4.78 is 16.1. The number of ether oxygens (including phenoxy) is 3. The molecule has 3 aliphatic rings. The van der Waals surface area contributed by atoms with E-state index in [1.807, 2.05) is 18.2 Å². The summed E-state index contributed by atoms with van der Waals surface area (Å²) in [6.45, 7) is 1.13. The van der Waals surface area contributed by atoms with Crippen molar-refractivity contribution in [1.82, 2.24) is 9.80 Å². The number of amides is 3. The molecule has 0 unspecified atom stereocenters. The van der Waals surface area contributed by atoms with E-state index in [0.717, 1.165) is 16.9 Å². The van der Waals surface area contributed by atoms with Crippen molar-refractivity contribution in [2.24, 2.45) is 0 Å². The first-order valence-electron chi connectivity index (χ1n) is 8.40. The number of fused-ring (bicyclic) bond motifs is 2. The maximum absolute atomic E-state index is 12.2. The molecular formula is C17H20N2O6. The molecule has 0 radical (unpaired) electrons. The minimum absolute atomic E-state index is 0.0359. The molecule has 25 heavy (non-hydrogen) atoms. The van der Waals surface area contributed by atoms with E-state index >= 15 is 0 Å². The first kappa shape index (κ1) is 16.2. The lowest BCUT2D eigenvalue weighted by molar-refractivity contribution is -0.129. The van der Waals surface area contributed by atoms with Gasteiger partial charge >= 0.3 is 6.03 Å². The van der Waals surface area contributed by atoms with Gasteiger partial charge in [-0.15, -0.1) is 0 Å². The van der Waals surface area contributed by atoms with Gasteiger partial charge in [-0.2, -0.15) is 0 Å². The van der Waals surface area contributed by atoms with Gasteiger partial charge in [0.15, 0.2) is 11.5 Å². The van der Waals surface area contributed by atoms with Gasteiger partial charge < -0.3 is 24.2 Å². The Morgan fingerprint density at radius 2 is 2.12 bits per heavy atom. The Kier molecular flexibility index (Phi) is 4.22. The zero-order chi connectivity index (χ0) is 17.4. The average Bonchev–Trinajstić information content (AvgIpc) is 3.30. The number of aliphatic hydroxyl groups is 1. The van der Waals surface area contributed by atoms with Crippen LogP contribution < -0.4 is 9.47 Å². The van der Waals surface area contributed by atoms with Crippen LogP contribution in [-0.4, -0.2) is 65.5 Å². The lowest BCUT2D eigenvalue weighted by Gasteiger charge is -2.19. The second-order valence-electron chi connectivity index (χ2n) is 6.44. The van der Waals surface area contributed by atoms with Gasteiger partial charge in [0.2, 0.25) is 6.79 Å². The van der Waals surface area contributed by atoms with Crippen LogP contribution in [0.4, 0.5) is 4.79 Å². The third-order valence-corrected chi connectivity index (χ3v) is 4.69. The normalized spacial score (nSPS) is 22.7. The predicted octanol–water partition coefficient (Wildman–Crippen LogP) is 0.719. The molecule has 8 heteroatoms. The predicted molar refractivity (Wildman–Crippen MR) is 85.1 cm³/mol. The number of hydrogen-bond donors (Lipinski definition) is 1. The number of carbonyl (C=O) groups excluding carboxylic acids is 2. The molecule has 8 nitrogen and oxygen atoms in total. The standard InChI is InChI=1S/C17H20N2O6/c20-12(7-19-16(21)13-2-1-5-18(13)17(19)22)9-23-8-11-3-4-14-15(6-11)25-10-24-14/h3-4,6,12-13,20H,1-2,5,7-10H2/t12-,13-/m0/s1. The minimum atomic E-state index is -0.915. The zero-order valence-electron chi connectivity index (χ0n) is 13.7. The molecular weight excluding hydrogens is 328 g/mol. The summed E-state index contributed by atoms with van der Waals surface area (Å²) in [6.07, 6.45) is 0.650. The molecule has 1 aromatic carbocycles. The van der Waals surface area contributed by atoms with Gasteiger partial charge in [-0.1, -0.05) is 6.07 Å². The van der Waals surface area contributed by atoms with E-state index < -0.39 is 6.10 Å². The Morgan fingerprint density at radius 3 is 2.96 bits per heavy atom. The summed E-state index contributed by atoms with van der Waals surface area (Å²) >= 11 is 0. The van der Waals surface area contributed by atoms with Crippen molar-refractivity contribution in [3.05, 3.63) is 23.8 Å². The first-order valence-corrected chi connectivity index (χ1v) is 8.40. The van der Waals surface area contributed by atoms with Crippen molar-refractivity contribution in [1.29, 1.82) is 0 Å². The Balaban J connectivity index is 1.26. The summed E-state index contributed by atoms with van der Waals surface area (Å²) in [5.41, 5.74) is 0.894. The molecule has 1 aromatic rings. The molecule has 0 saturated carbocycles. The van der Waals surface area contributed by atoms with Crippen molar-refractivity contribution in [2.75, 3.05) is 26.5 Å². The molecule has 0 aliphatic carbocycles. The van der Waals surface area contributed by atoms with Gasteiger partial charge in [0, 0.05) is 6.54 Å². The fourth-order valence-electron chi connectivity index (χ4n) is 3.46. The highest BCUT2D eigenvalue weighted by atomic mass is 16.7. The van der Waals surface area contributed by atoms with Gasteiger partial charge in [-0.25, -0.2) is 4.79 Å². The highest BCUT2D eigenvalue weighted by molar-refractivity contribution is 6.04. The Morgan fingerprint density at radius 1 is 1.28 bits per heavy atom. The lowest BCUT2D eigenvalue weighted by Crippen LogP contribution is -2.40. The van der Waals surface area contributed by atoms with Crippen LogP contribution >= 0.6 is 0 Å². The molecule has 3 aliphatic heterocycles. The molecule has 0 bridgehead atoms. The number of benzene rings is 1. The van der Waals surface area contributed by atoms with Gasteiger partial charge in [-0.3, -0.25) is 9.69 Å². The number of hydrogen-bond acceptors (Lipinski definition) is 6. The molecule has 2 saturated heterocycles. The summed E-state index contributed by atoms with van der Waals surface area (Å²) in [6, 6.07) is 4.86. The SMILES string of the molecule is O=C1[C@@H]2CCCN2C(=O)N1C[C@H](O)COCc1ccc2c(c1)OCO2. The van der Waals surface area contributed by atoms with Crippen LogP contribution in [0.2, 0.25) is 0 Å². The number of urea groups is 1. The maximum Gasteiger partial charge on any atom is 0.327 e. The monoisotopic (exact) mass is 348 g/mol. The van der Waals surface area contributed by atoms with Crippen LogP contribution in [0.1, 0.15) is 18.4 Å². The highest BCUT2D eigenvalue weighted by Gasteiger charge is 2.47. The smallest absolute Gasteiger partial charge is 0.327 e. The van der Waals surface area contributed by atoms with Crippen LogP contribution in [0, 0.1) is 0 Å². The Hall–Kier alpha value is -2.32. The topological polar surface area (TPSA) is 88.5 Å². The molecule has 3 amide bonds. The van der Waals surface area contributed by atoms with E-state index in [4.69, 9.17) is 14.2 Å². The number of nitrogens with zero attached hydrogens (tertiary/aromatic N) is 2. The second-order valence-corrected chi connectivity index (χ2v) is 6.44. The molecule has 4 rings (SSSR count). The average molecular weight is 348 g/mol. The Labute approximate surface area is 144 Å². The van der Waals surface area contributed by atoms with Crippen LogP contribution in [0.15, 0.2) is 18.2 Å². The van der Waals surface area contributed by atoms with Crippen LogP contribution in [0.25, 0.3) is 0 Å². The van der Waals surface area contributed by atoms with Crippen LogP contribution in [0.3, 0.4) is 0 Å². The fourth-order valence-corrected chi connectivity index (χ4v) is 3.46. The van der Waals surface area contributed by atoms with Crippen LogP contribution in [-0.2, 0) is 16.1 Å². The summed E-state index contributed by atoms with van der Waals surface area (Å²) in [5.74, 6) is 1.17. The molecule has 3 heterocycles. The second kappa shape index (κ2) is 6.53. The molecule has 134 valence electrons. The molecule has 0 spiro atoms. The Bertz CT molecular complexity index is 672. The van der Waals surface area contributed by atoms with E-state index in [-0.39, 0.29) is 37.9 Å². The van der Waals surface area contributed by atoms with E-state index in [0.29, 0.717) is 31.1 Å². The summed E-state index contributed by atoms with van der Waals surface area (Å²) in [5, 5.41) is 10.1. The number of rotatable bonds is 6. The van der Waals surface area contributed by atoms with Gasteiger partial charge in [-0.05, 0) is 30.5 Å². The number of imide groups is 1. The minimum Gasteiger partial charge on any atom is -0.454 e. The third kappa shape index (κ3) is 3.03. The lowest BCUT2D eigenvalue weighted by atomic mass is 10.2. The summed E-state index contributed by atoms with van der Waals surface area (Å²) in [4.78, 5) is 27.1. The van der Waals surface area contributed by atoms with Gasteiger partial charge in [0.1, 0.15) is 6.04 Å². The largest absolute Gasteiger partial charge is 0.454 e. The van der Waals surface area contributed by atoms with Crippen LogP contribution in [0.5, 0.6) is 11.5 Å². The van der Waals surface area contributed by atoms with E-state index in [2.05, 4.69) is 0 Å². The quantitative estimate of drug-likeness (QED) is 0.762. The molecule has 2 atom stereocenters. The fraction of sp³-hybridized carbons (Fsp3) is 0.529. The number of β-amino-alcohol motifs (C(OH)–C–C–N with tert-alkyl or cyclic N) is 1. The first-order chi connectivity index (χ1) is 12.1.